The Balaban J connectivity index is 1.44. The van der Waals surface area contributed by atoms with Crippen molar-refractivity contribution in [3.63, 3.8) is 0 Å². The van der Waals surface area contributed by atoms with E-state index in [2.05, 4.69) is 10.3 Å². The number of fused-ring (bicyclic) bond motifs is 1. The molecule has 2 amide bonds. The minimum atomic E-state index is -0.460. The van der Waals surface area contributed by atoms with Crippen LogP contribution in [0.3, 0.4) is 0 Å². The number of hydrogen-bond donors (Lipinski definition) is 1. The van der Waals surface area contributed by atoms with Crippen LogP contribution in [0.4, 0.5) is 14.9 Å². The number of urea groups is 1. The van der Waals surface area contributed by atoms with Crippen LogP contribution >= 0.6 is 11.6 Å². The molecule has 2 aromatic carbocycles. The largest absolute Gasteiger partial charge is 0.324 e. The summed E-state index contributed by atoms with van der Waals surface area (Å²) in [4.78, 5) is 31.1. The van der Waals surface area contributed by atoms with E-state index in [1.54, 1.807) is 33.7 Å². The van der Waals surface area contributed by atoms with Crippen molar-refractivity contribution in [3.8, 4) is 0 Å². The first-order chi connectivity index (χ1) is 13.5. The SMILES string of the molecule is O=C(Nc1ccc(Cl)cc1)N1CCC(n2cnc3ccc(F)cc3c2=O)CC1. The molecule has 1 N–H and O–H groups in total. The number of halogens is 2. The number of aromatic nitrogens is 2. The van der Waals surface area contributed by atoms with E-state index in [0.717, 1.165) is 0 Å². The number of rotatable bonds is 2. The van der Waals surface area contributed by atoms with Crippen molar-refractivity contribution in [3.05, 3.63) is 70.0 Å². The Kier molecular flexibility index (Phi) is 5.00. The van der Waals surface area contributed by atoms with Crippen LogP contribution in [0.5, 0.6) is 0 Å². The van der Waals surface area contributed by atoms with E-state index >= 15 is 0 Å². The van der Waals surface area contributed by atoms with E-state index < -0.39 is 5.82 Å². The molecule has 2 heterocycles. The van der Waals surface area contributed by atoms with Crippen LogP contribution in [0.15, 0.2) is 53.6 Å². The molecule has 0 unspecified atom stereocenters. The third-order valence-electron chi connectivity index (χ3n) is 4.99. The number of piperidine rings is 1. The highest BCUT2D eigenvalue weighted by Gasteiger charge is 2.25. The molecule has 3 aromatic rings. The fourth-order valence-corrected chi connectivity index (χ4v) is 3.58. The monoisotopic (exact) mass is 400 g/mol. The second kappa shape index (κ2) is 7.59. The fourth-order valence-electron chi connectivity index (χ4n) is 3.45. The standard InChI is InChI=1S/C20H18ClFN4O2/c21-13-1-4-15(5-2-13)24-20(28)25-9-7-16(8-10-25)26-12-23-18-6-3-14(22)11-17(18)19(26)27/h1-6,11-12,16H,7-10H2,(H,24,28). The van der Waals surface area contributed by atoms with Crippen LogP contribution in [-0.4, -0.2) is 33.6 Å². The van der Waals surface area contributed by atoms with Crippen molar-refractivity contribution in [2.24, 2.45) is 0 Å². The van der Waals surface area contributed by atoms with Gasteiger partial charge in [-0.3, -0.25) is 9.36 Å². The summed E-state index contributed by atoms with van der Waals surface area (Å²) in [6.07, 6.45) is 2.75. The third-order valence-corrected chi connectivity index (χ3v) is 5.24. The maximum Gasteiger partial charge on any atom is 0.321 e. The smallest absolute Gasteiger partial charge is 0.321 e. The molecule has 0 saturated carbocycles. The van der Waals surface area contributed by atoms with Crippen LogP contribution in [0.2, 0.25) is 5.02 Å². The first kappa shape index (κ1) is 18.4. The maximum absolute atomic E-state index is 13.5. The van der Waals surface area contributed by atoms with Gasteiger partial charge in [-0.25, -0.2) is 14.2 Å². The molecule has 0 aliphatic carbocycles. The van der Waals surface area contributed by atoms with E-state index in [1.165, 1.54) is 24.5 Å². The summed E-state index contributed by atoms with van der Waals surface area (Å²) in [5.74, 6) is -0.460. The normalized spacial score (nSPS) is 15.0. The van der Waals surface area contributed by atoms with Crippen molar-refractivity contribution >= 4 is 34.2 Å². The highest BCUT2D eigenvalue weighted by molar-refractivity contribution is 6.30. The molecular weight excluding hydrogens is 383 g/mol. The van der Waals surface area contributed by atoms with E-state index in [-0.39, 0.29) is 23.0 Å². The van der Waals surface area contributed by atoms with Gasteiger partial charge in [-0.2, -0.15) is 0 Å². The minimum Gasteiger partial charge on any atom is -0.324 e. The Morgan fingerprint density at radius 1 is 1.14 bits per heavy atom. The number of carbonyl (C=O) groups is 1. The van der Waals surface area contributed by atoms with Crippen molar-refractivity contribution in [1.82, 2.24) is 14.5 Å². The van der Waals surface area contributed by atoms with Gasteiger partial charge < -0.3 is 10.2 Å². The maximum atomic E-state index is 13.5. The number of likely N-dealkylation sites (tertiary alicyclic amines) is 1. The van der Waals surface area contributed by atoms with Crippen molar-refractivity contribution in [2.45, 2.75) is 18.9 Å². The van der Waals surface area contributed by atoms with Gasteiger partial charge in [0.25, 0.3) is 5.56 Å². The molecule has 4 rings (SSSR count). The number of benzene rings is 2. The number of anilines is 1. The predicted octanol–water partition coefficient (Wildman–Crippen LogP) is 4.06. The van der Waals surface area contributed by atoms with Crippen molar-refractivity contribution < 1.29 is 9.18 Å². The topological polar surface area (TPSA) is 67.2 Å². The van der Waals surface area contributed by atoms with Crippen LogP contribution in [-0.2, 0) is 0 Å². The van der Waals surface area contributed by atoms with Gasteiger partial charge in [0, 0.05) is 29.8 Å². The first-order valence-corrected chi connectivity index (χ1v) is 9.37. The molecule has 8 heteroatoms. The summed E-state index contributed by atoms with van der Waals surface area (Å²) in [5, 5.41) is 3.71. The van der Waals surface area contributed by atoms with Gasteiger partial charge >= 0.3 is 6.03 Å². The summed E-state index contributed by atoms with van der Waals surface area (Å²) in [6.45, 7) is 1.02. The number of nitrogens with one attached hydrogen (secondary N) is 1. The summed E-state index contributed by atoms with van der Waals surface area (Å²) in [5.41, 5.74) is 0.893. The molecule has 1 fully saturated rings. The van der Waals surface area contributed by atoms with Gasteiger partial charge in [-0.05, 0) is 55.3 Å². The fraction of sp³-hybridized carbons (Fsp3) is 0.250. The van der Waals surface area contributed by atoms with Gasteiger partial charge in [-0.15, -0.1) is 0 Å². The molecule has 144 valence electrons. The van der Waals surface area contributed by atoms with Crippen LogP contribution in [0, 0.1) is 5.82 Å². The number of amides is 2. The number of nitrogens with zero attached hydrogens (tertiary/aromatic N) is 3. The average Bonchev–Trinajstić information content (AvgIpc) is 2.71. The van der Waals surface area contributed by atoms with Gasteiger partial charge in [0.1, 0.15) is 5.82 Å². The lowest BCUT2D eigenvalue weighted by atomic mass is 10.0. The van der Waals surface area contributed by atoms with Crippen LogP contribution < -0.4 is 10.9 Å². The molecule has 1 aromatic heterocycles. The first-order valence-electron chi connectivity index (χ1n) is 8.99. The van der Waals surface area contributed by atoms with Crippen molar-refractivity contribution in [2.75, 3.05) is 18.4 Å². The number of carbonyl (C=O) groups excluding carboxylic acids is 1. The lowest BCUT2D eigenvalue weighted by Crippen LogP contribution is -2.42. The molecule has 0 spiro atoms. The minimum absolute atomic E-state index is 0.0766. The molecule has 0 atom stereocenters. The van der Waals surface area contributed by atoms with Gasteiger partial charge in [0.15, 0.2) is 0 Å². The Morgan fingerprint density at radius 3 is 2.57 bits per heavy atom. The van der Waals surface area contributed by atoms with Crippen molar-refractivity contribution in [1.29, 1.82) is 0 Å². The molecule has 1 saturated heterocycles. The van der Waals surface area contributed by atoms with E-state index in [4.69, 9.17) is 11.6 Å². The second-order valence-corrected chi connectivity index (χ2v) is 7.21. The predicted molar refractivity (Wildman–Crippen MR) is 106 cm³/mol. The Morgan fingerprint density at radius 2 is 1.86 bits per heavy atom. The zero-order valence-electron chi connectivity index (χ0n) is 14.9. The van der Waals surface area contributed by atoms with Crippen LogP contribution in [0.25, 0.3) is 10.9 Å². The quantitative estimate of drug-likeness (QED) is 0.705. The zero-order valence-corrected chi connectivity index (χ0v) is 15.7. The Labute approximate surface area is 165 Å². The summed E-state index contributed by atoms with van der Waals surface area (Å²) < 4.78 is 15.0. The van der Waals surface area contributed by atoms with E-state index in [9.17, 15) is 14.0 Å². The average molecular weight is 401 g/mol. The summed E-state index contributed by atoms with van der Waals surface area (Å²) >= 11 is 5.85. The molecule has 28 heavy (non-hydrogen) atoms. The van der Waals surface area contributed by atoms with Gasteiger partial charge in [-0.1, -0.05) is 11.6 Å². The second-order valence-electron chi connectivity index (χ2n) is 6.77. The highest BCUT2D eigenvalue weighted by atomic mass is 35.5. The molecule has 0 bridgehead atoms. The lowest BCUT2D eigenvalue weighted by molar-refractivity contribution is 0.182. The highest BCUT2D eigenvalue weighted by Crippen LogP contribution is 2.23. The van der Waals surface area contributed by atoms with Gasteiger partial charge in [0.2, 0.25) is 0 Å². The number of hydrogen-bond acceptors (Lipinski definition) is 3. The molecule has 1 aliphatic heterocycles. The Bertz CT molecular complexity index is 1080. The van der Waals surface area contributed by atoms with Crippen LogP contribution in [0.1, 0.15) is 18.9 Å². The summed E-state index contributed by atoms with van der Waals surface area (Å²) in [6, 6.07) is 10.7. The molecule has 1 aliphatic rings. The van der Waals surface area contributed by atoms with E-state index in [0.29, 0.717) is 42.2 Å². The summed E-state index contributed by atoms with van der Waals surface area (Å²) in [7, 11) is 0. The lowest BCUT2D eigenvalue weighted by Gasteiger charge is -2.32. The molecule has 6 nitrogen and oxygen atoms in total. The van der Waals surface area contributed by atoms with Gasteiger partial charge in [0.05, 0.1) is 17.2 Å². The molecule has 0 radical (unpaired) electrons. The molecular formula is C20H18ClFN4O2. The Hall–Kier alpha value is -2.93. The zero-order chi connectivity index (χ0) is 19.7. The van der Waals surface area contributed by atoms with E-state index in [1.807, 2.05) is 0 Å². The third kappa shape index (κ3) is 3.71.